The van der Waals surface area contributed by atoms with Crippen LogP contribution in [0.25, 0.3) is 0 Å². The number of nitrogen functional groups attached to an aromatic ring is 1. The molecule has 0 radical (unpaired) electrons. The molecule has 0 bridgehead atoms. The molecule has 1 aliphatic rings. The van der Waals surface area contributed by atoms with Gasteiger partial charge in [0.1, 0.15) is 0 Å². The van der Waals surface area contributed by atoms with Crippen molar-refractivity contribution in [3.63, 3.8) is 0 Å². The average Bonchev–Trinajstić information content (AvgIpc) is 2.47. The van der Waals surface area contributed by atoms with Crippen LogP contribution < -0.4 is 10.6 Å². The number of hydrogen-bond donors (Lipinski definition) is 1. The van der Waals surface area contributed by atoms with Crippen LogP contribution in [0.15, 0.2) is 18.2 Å². The van der Waals surface area contributed by atoms with Crippen molar-refractivity contribution < 1.29 is 4.79 Å². The van der Waals surface area contributed by atoms with Crippen molar-refractivity contribution in [2.24, 2.45) is 0 Å². The fourth-order valence-electron chi connectivity index (χ4n) is 2.69. The summed E-state index contributed by atoms with van der Waals surface area (Å²) in [6, 6.07) is 6.31. The minimum absolute atomic E-state index is 0.285. The normalized spacial score (nSPS) is 15.5. The molecule has 1 aliphatic heterocycles. The third-order valence-electron chi connectivity index (χ3n) is 3.97. The molecule has 2 N–H and O–H groups in total. The SMILES string of the molecule is CCCC(=O)N1CCN(c2ccc(CC)c(N)c2)CC1. The molecule has 1 aromatic carbocycles. The van der Waals surface area contributed by atoms with E-state index < -0.39 is 0 Å². The number of nitrogens with zero attached hydrogens (tertiary/aromatic N) is 2. The van der Waals surface area contributed by atoms with E-state index in [2.05, 4.69) is 30.0 Å². The molecule has 4 heteroatoms. The monoisotopic (exact) mass is 275 g/mol. The van der Waals surface area contributed by atoms with Gasteiger partial charge in [-0.25, -0.2) is 0 Å². The van der Waals surface area contributed by atoms with Crippen LogP contribution in [0.4, 0.5) is 11.4 Å². The molecule has 20 heavy (non-hydrogen) atoms. The maximum Gasteiger partial charge on any atom is 0.222 e. The van der Waals surface area contributed by atoms with Gasteiger partial charge in [-0.2, -0.15) is 0 Å². The van der Waals surface area contributed by atoms with Crippen molar-refractivity contribution in [3.8, 4) is 0 Å². The van der Waals surface area contributed by atoms with E-state index in [1.54, 1.807) is 0 Å². The Hall–Kier alpha value is -1.71. The third kappa shape index (κ3) is 3.24. The van der Waals surface area contributed by atoms with Crippen LogP contribution in [0.1, 0.15) is 32.3 Å². The summed E-state index contributed by atoms with van der Waals surface area (Å²) in [4.78, 5) is 16.2. The molecule has 0 saturated carbocycles. The molecule has 110 valence electrons. The topological polar surface area (TPSA) is 49.6 Å². The largest absolute Gasteiger partial charge is 0.398 e. The second-order valence-corrected chi connectivity index (χ2v) is 5.35. The second kappa shape index (κ2) is 6.64. The predicted molar refractivity (Wildman–Crippen MR) is 83.9 cm³/mol. The van der Waals surface area contributed by atoms with Crippen LogP contribution >= 0.6 is 0 Å². The van der Waals surface area contributed by atoms with E-state index >= 15 is 0 Å². The van der Waals surface area contributed by atoms with E-state index in [1.165, 1.54) is 11.3 Å². The molecule has 0 aromatic heterocycles. The van der Waals surface area contributed by atoms with E-state index in [9.17, 15) is 4.79 Å². The van der Waals surface area contributed by atoms with Crippen LogP contribution in [-0.2, 0) is 11.2 Å². The summed E-state index contributed by atoms with van der Waals surface area (Å²) in [7, 11) is 0. The highest BCUT2D eigenvalue weighted by Crippen LogP contribution is 2.23. The maximum absolute atomic E-state index is 11.9. The minimum atomic E-state index is 0.285. The van der Waals surface area contributed by atoms with Crippen molar-refractivity contribution in [2.45, 2.75) is 33.1 Å². The molecule has 0 spiro atoms. The zero-order valence-corrected chi connectivity index (χ0v) is 12.6. The standard InChI is InChI=1S/C16H25N3O/c1-3-5-16(20)19-10-8-18(9-11-19)14-7-6-13(4-2)15(17)12-14/h6-7,12H,3-5,8-11,17H2,1-2H3. The lowest BCUT2D eigenvalue weighted by Gasteiger charge is -2.36. The van der Waals surface area contributed by atoms with Crippen molar-refractivity contribution in [1.82, 2.24) is 4.90 Å². The Balaban J connectivity index is 1.97. The summed E-state index contributed by atoms with van der Waals surface area (Å²) in [5.74, 6) is 0.285. The van der Waals surface area contributed by atoms with Gasteiger partial charge in [0.2, 0.25) is 5.91 Å². The molecule has 0 unspecified atom stereocenters. The molecule has 1 heterocycles. The summed E-state index contributed by atoms with van der Waals surface area (Å²) >= 11 is 0. The van der Waals surface area contributed by atoms with E-state index in [1.807, 2.05) is 11.8 Å². The van der Waals surface area contributed by atoms with Crippen LogP contribution in [0.2, 0.25) is 0 Å². The van der Waals surface area contributed by atoms with Crippen molar-refractivity contribution >= 4 is 17.3 Å². The molecule has 0 atom stereocenters. The lowest BCUT2D eigenvalue weighted by atomic mass is 10.1. The second-order valence-electron chi connectivity index (χ2n) is 5.35. The van der Waals surface area contributed by atoms with Crippen molar-refractivity contribution in [1.29, 1.82) is 0 Å². The number of piperazine rings is 1. The van der Waals surface area contributed by atoms with Crippen LogP contribution in [0, 0.1) is 0 Å². The Morgan fingerprint density at radius 3 is 2.45 bits per heavy atom. The van der Waals surface area contributed by atoms with Crippen LogP contribution in [-0.4, -0.2) is 37.0 Å². The van der Waals surface area contributed by atoms with Gasteiger partial charge in [0.25, 0.3) is 0 Å². The Bertz CT molecular complexity index is 465. The number of aryl methyl sites for hydroxylation is 1. The van der Waals surface area contributed by atoms with Gasteiger partial charge in [-0.15, -0.1) is 0 Å². The fourth-order valence-corrected chi connectivity index (χ4v) is 2.69. The first-order valence-corrected chi connectivity index (χ1v) is 7.56. The Labute approximate surface area is 121 Å². The maximum atomic E-state index is 11.9. The van der Waals surface area contributed by atoms with E-state index in [0.717, 1.165) is 44.7 Å². The first-order valence-electron chi connectivity index (χ1n) is 7.56. The predicted octanol–water partition coefficient (Wildman–Crippen LogP) is 2.28. The summed E-state index contributed by atoms with van der Waals surface area (Å²) in [6.45, 7) is 7.57. The van der Waals surface area contributed by atoms with Gasteiger partial charge in [0.05, 0.1) is 0 Å². The number of benzene rings is 1. The Morgan fingerprint density at radius 2 is 1.90 bits per heavy atom. The zero-order chi connectivity index (χ0) is 14.5. The summed E-state index contributed by atoms with van der Waals surface area (Å²) in [5, 5.41) is 0. The first kappa shape index (κ1) is 14.7. The number of nitrogens with two attached hydrogens (primary N) is 1. The van der Waals surface area contributed by atoms with E-state index in [-0.39, 0.29) is 5.91 Å². The molecule has 1 fully saturated rings. The summed E-state index contributed by atoms with van der Waals surface area (Å²) in [5.41, 5.74) is 9.30. The molecule has 1 saturated heterocycles. The molecular weight excluding hydrogens is 250 g/mol. The molecule has 2 rings (SSSR count). The number of carbonyl (C=O) groups excluding carboxylic acids is 1. The van der Waals surface area contributed by atoms with E-state index in [4.69, 9.17) is 5.73 Å². The van der Waals surface area contributed by atoms with Gasteiger partial charge in [0, 0.05) is 44.0 Å². The van der Waals surface area contributed by atoms with Gasteiger partial charge >= 0.3 is 0 Å². The molecular formula is C16H25N3O. The minimum Gasteiger partial charge on any atom is -0.398 e. The molecule has 1 aromatic rings. The molecule has 1 amide bonds. The van der Waals surface area contributed by atoms with Crippen molar-refractivity contribution in [3.05, 3.63) is 23.8 Å². The number of amides is 1. The van der Waals surface area contributed by atoms with Gasteiger partial charge in [-0.1, -0.05) is 19.9 Å². The molecule has 0 aliphatic carbocycles. The van der Waals surface area contributed by atoms with Crippen molar-refractivity contribution in [2.75, 3.05) is 36.8 Å². The number of hydrogen-bond acceptors (Lipinski definition) is 3. The number of carbonyl (C=O) groups is 1. The zero-order valence-electron chi connectivity index (χ0n) is 12.6. The quantitative estimate of drug-likeness (QED) is 0.858. The lowest BCUT2D eigenvalue weighted by molar-refractivity contribution is -0.131. The highest BCUT2D eigenvalue weighted by molar-refractivity contribution is 5.76. The highest BCUT2D eigenvalue weighted by atomic mass is 16.2. The van der Waals surface area contributed by atoms with Crippen LogP contribution in [0.5, 0.6) is 0 Å². The smallest absolute Gasteiger partial charge is 0.222 e. The van der Waals surface area contributed by atoms with Gasteiger partial charge in [-0.05, 0) is 30.5 Å². The lowest BCUT2D eigenvalue weighted by Crippen LogP contribution is -2.48. The van der Waals surface area contributed by atoms with Gasteiger partial charge in [-0.3, -0.25) is 4.79 Å². The number of rotatable bonds is 4. The Kier molecular flexibility index (Phi) is 4.88. The Morgan fingerprint density at radius 1 is 1.20 bits per heavy atom. The molecule has 4 nitrogen and oxygen atoms in total. The van der Waals surface area contributed by atoms with Gasteiger partial charge < -0.3 is 15.5 Å². The van der Waals surface area contributed by atoms with Gasteiger partial charge in [0.15, 0.2) is 0 Å². The summed E-state index contributed by atoms with van der Waals surface area (Å²) in [6.07, 6.45) is 2.55. The third-order valence-corrected chi connectivity index (χ3v) is 3.97. The highest BCUT2D eigenvalue weighted by Gasteiger charge is 2.20. The first-order chi connectivity index (χ1) is 9.65. The fraction of sp³-hybridized carbons (Fsp3) is 0.562. The van der Waals surface area contributed by atoms with Crippen LogP contribution in [0.3, 0.4) is 0 Å². The van der Waals surface area contributed by atoms with E-state index in [0.29, 0.717) is 6.42 Å². The average molecular weight is 275 g/mol. The number of anilines is 2. The summed E-state index contributed by atoms with van der Waals surface area (Å²) < 4.78 is 0.